The molecular weight excluding hydrogens is 180 g/mol. The maximum absolute atomic E-state index is 3.99. The van der Waals surface area contributed by atoms with Gasteiger partial charge in [-0.15, -0.1) is 19.7 Å². The summed E-state index contributed by atoms with van der Waals surface area (Å²) >= 11 is 0. The molecule has 0 N–H and O–H groups in total. The minimum atomic E-state index is 0.607. The molecule has 15 heavy (non-hydrogen) atoms. The van der Waals surface area contributed by atoms with Gasteiger partial charge in [0.15, 0.2) is 0 Å². The van der Waals surface area contributed by atoms with Crippen molar-refractivity contribution in [2.45, 2.75) is 32.6 Å². The molecule has 0 aromatic heterocycles. The van der Waals surface area contributed by atoms with Crippen molar-refractivity contribution in [1.29, 1.82) is 0 Å². The normalized spacial score (nSPS) is 35.8. The Bertz CT molecular complexity index is 226. The molecule has 0 amide bonds. The zero-order chi connectivity index (χ0) is 11.3. The van der Waals surface area contributed by atoms with Gasteiger partial charge in [0.25, 0.3) is 0 Å². The second-order valence-corrected chi connectivity index (χ2v) is 4.73. The molecule has 4 atom stereocenters. The van der Waals surface area contributed by atoms with E-state index in [0.29, 0.717) is 17.8 Å². The van der Waals surface area contributed by atoms with E-state index in [9.17, 15) is 0 Å². The lowest BCUT2D eigenvalue weighted by molar-refractivity contribution is 0.182. The molecular formula is C15H24. The van der Waals surface area contributed by atoms with E-state index in [1.165, 1.54) is 25.7 Å². The van der Waals surface area contributed by atoms with E-state index in [1.54, 1.807) is 0 Å². The van der Waals surface area contributed by atoms with Crippen LogP contribution in [0, 0.1) is 23.7 Å². The first-order valence-electron chi connectivity index (χ1n) is 6.14. The maximum Gasteiger partial charge on any atom is -0.0145 e. The lowest BCUT2D eigenvalue weighted by Gasteiger charge is -2.38. The predicted octanol–water partition coefficient (Wildman–Crippen LogP) is 4.60. The highest BCUT2D eigenvalue weighted by Crippen LogP contribution is 2.41. The Morgan fingerprint density at radius 3 is 2.27 bits per heavy atom. The van der Waals surface area contributed by atoms with E-state index in [4.69, 9.17) is 0 Å². The highest BCUT2D eigenvalue weighted by molar-refractivity contribution is 5.03. The van der Waals surface area contributed by atoms with Crippen LogP contribution >= 0.6 is 0 Å². The summed E-state index contributed by atoms with van der Waals surface area (Å²) in [6, 6.07) is 0. The molecule has 0 aromatic carbocycles. The third-order valence-electron chi connectivity index (χ3n) is 3.79. The summed E-state index contributed by atoms with van der Waals surface area (Å²) in [5.74, 6) is 2.71. The van der Waals surface area contributed by atoms with Gasteiger partial charge in [-0.05, 0) is 36.5 Å². The van der Waals surface area contributed by atoms with Crippen molar-refractivity contribution in [1.82, 2.24) is 0 Å². The van der Waals surface area contributed by atoms with Crippen molar-refractivity contribution in [2.75, 3.05) is 0 Å². The van der Waals surface area contributed by atoms with Crippen molar-refractivity contribution < 1.29 is 0 Å². The molecule has 0 aliphatic heterocycles. The van der Waals surface area contributed by atoms with E-state index < -0.39 is 0 Å². The Morgan fingerprint density at radius 1 is 1.07 bits per heavy atom. The minimum Gasteiger partial charge on any atom is -0.103 e. The average molecular weight is 204 g/mol. The fraction of sp³-hybridized carbons (Fsp3) is 0.600. The average Bonchev–Trinajstić information content (AvgIpc) is 2.28. The van der Waals surface area contributed by atoms with Crippen LogP contribution in [-0.2, 0) is 0 Å². The molecule has 0 saturated heterocycles. The van der Waals surface area contributed by atoms with Crippen LogP contribution < -0.4 is 0 Å². The van der Waals surface area contributed by atoms with Crippen molar-refractivity contribution >= 4 is 0 Å². The van der Waals surface area contributed by atoms with Gasteiger partial charge in [0, 0.05) is 0 Å². The Labute approximate surface area is 94.8 Å². The molecule has 0 spiro atoms. The zero-order valence-corrected chi connectivity index (χ0v) is 9.99. The van der Waals surface area contributed by atoms with Gasteiger partial charge < -0.3 is 0 Å². The van der Waals surface area contributed by atoms with Gasteiger partial charge in [-0.2, -0.15) is 0 Å². The Morgan fingerprint density at radius 2 is 1.80 bits per heavy atom. The largest absolute Gasteiger partial charge is 0.103 e. The molecule has 0 radical (unpaired) electrons. The van der Waals surface area contributed by atoms with Crippen LogP contribution in [-0.4, -0.2) is 0 Å². The topological polar surface area (TPSA) is 0 Å². The highest BCUT2D eigenvalue weighted by atomic mass is 14.4. The molecule has 84 valence electrons. The number of hydrogen-bond acceptors (Lipinski definition) is 0. The summed E-state index contributed by atoms with van der Waals surface area (Å²) in [4.78, 5) is 0. The third kappa shape index (κ3) is 2.84. The summed E-state index contributed by atoms with van der Waals surface area (Å²) in [6.45, 7) is 14.2. The van der Waals surface area contributed by atoms with Gasteiger partial charge in [-0.3, -0.25) is 0 Å². The Balaban J connectivity index is 2.76. The van der Waals surface area contributed by atoms with Crippen molar-refractivity contribution in [3.05, 3.63) is 38.0 Å². The van der Waals surface area contributed by atoms with Crippen LogP contribution in [0.25, 0.3) is 0 Å². The van der Waals surface area contributed by atoms with E-state index in [0.717, 1.165) is 5.92 Å². The molecule has 1 aliphatic rings. The van der Waals surface area contributed by atoms with Crippen LogP contribution in [0.3, 0.4) is 0 Å². The molecule has 1 fully saturated rings. The van der Waals surface area contributed by atoms with E-state index in [2.05, 4.69) is 44.9 Å². The van der Waals surface area contributed by atoms with Crippen LogP contribution in [0.4, 0.5) is 0 Å². The second kappa shape index (κ2) is 5.95. The van der Waals surface area contributed by atoms with Gasteiger partial charge in [-0.25, -0.2) is 0 Å². The lowest BCUT2D eigenvalue weighted by Crippen LogP contribution is -2.29. The quantitative estimate of drug-likeness (QED) is 0.574. The number of hydrogen-bond donors (Lipinski definition) is 0. The zero-order valence-electron chi connectivity index (χ0n) is 9.99. The highest BCUT2D eigenvalue weighted by Gasteiger charge is 2.32. The monoisotopic (exact) mass is 204 g/mol. The lowest BCUT2D eigenvalue weighted by atomic mass is 9.66. The van der Waals surface area contributed by atoms with Gasteiger partial charge in [0.1, 0.15) is 0 Å². The molecule has 1 saturated carbocycles. The van der Waals surface area contributed by atoms with Crippen molar-refractivity contribution in [3.63, 3.8) is 0 Å². The first-order valence-corrected chi connectivity index (χ1v) is 6.14. The SMILES string of the molecule is C=CC1CC(C=C)C(C=C)C(CCC)C1. The second-order valence-electron chi connectivity index (χ2n) is 4.73. The van der Waals surface area contributed by atoms with Gasteiger partial charge >= 0.3 is 0 Å². The van der Waals surface area contributed by atoms with Crippen molar-refractivity contribution in [3.8, 4) is 0 Å². The number of allylic oxidation sites excluding steroid dienone is 3. The van der Waals surface area contributed by atoms with Crippen LogP contribution in [0.15, 0.2) is 38.0 Å². The fourth-order valence-corrected chi connectivity index (χ4v) is 2.99. The summed E-state index contributed by atoms with van der Waals surface area (Å²) < 4.78 is 0. The van der Waals surface area contributed by atoms with E-state index in [1.807, 2.05) is 0 Å². The summed E-state index contributed by atoms with van der Waals surface area (Å²) in [5, 5.41) is 0. The molecule has 0 heterocycles. The van der Waals surface area contributed by atoms with Gasteiger partial charge in [0.2, 0.25) is 0 Å². The first-order chi connectivity index (χ1) is 7.26. The Hall–Kier alpha value is -0.780. The minimum absolute atomic E-state index is 0.607. The summed E-state index contributed by atoms with van der Waals surface area (Å²) in [7, 11) is 0. The van der Waals surface area contributed by atoms with Crippen LogP contribution in [0.1, 0.15) is 32.6 Å². The van der Waals surface area contributed by atoms with Crippen LogP contribution in [0.2, 0.25) is 0 Å². The molecule has 1 rings (SSSR count). The fourth-order valence-electron chi connectivity index (χ4n) is 2.99. The Kier molecular flexibility index (Phi) is 4.87. The summed E-state index contributed by atoms with van der Waals surface area (Å²) in [6.07, 6.45) is 11.5. The number of rotatable bonds is 5. The summed E-state index contributed by atoms with van der Waals surface area (Å²) in [5.41, 5.74) is 0. The first kappa shape index (κ1) is 12.3. The molecule has 0 heteroatoms. The molecule has 0 aromatic rings. The molecule has 0 bridgehead atoms. The third-order valence-corrected chi connectivity index (χ3v) is 3.79. The smallest absolute Gasteiger partial charge is 0.0145 e. The van der Waals surface area contributed by atoms with E-state index >= 15 is 0 Å². The maximum atomic E-state index is 3.99. The van der Waals surface area contributed by atoms with Gasteiger partial charge in [-0.1, -0.05) is 38.0 Å². The molecule has 1 aliphatic carbocycles. The van der Waals surface area contributed by atoms with E-state index in [-0.39, 0.29) is 0 Å². The molecule has 0 nitrogen and oxygen atoms in total. The standard InChI is InChI=1S/C15H24/c1-5-9-14-11-12(6-2)10-13(7-3)15(14)8-4/h6-8,12-15H,2-5,9-11H2,1H3. The van der Waals surface area contributed by atoms with Gasteiger partial charge in [0.05, 0.1) is 0 Å². The van der Waals surface area contributed by atoms with Crippen molar-refractivity contribution in [2.24, 2.45) is 23.7 Å². The van der Waals surface area contributed by atoms with Crippen LogP contribution in [0.5, 0.6) is 0 Å². The predicted molar refractivity (Wildman–Crippen MR) is 68.7 cm³/mol. The molecule has 4 unspecified atom stereocenters.